The molecule has 27 heavy (non-hydrogen) atoms. The van der Waals surface area contributed by atoms with Crippen molar-refractivity contribution < 1.29 is 18.7 Å². The number of hydrogen-bond donors (Lipinski definition) is 1. The minimum Gasteiger partial charge on any atom is -0.444 e. The summed E-state index contributed by atoms with van der Waals surface area (Å²) < 4.78 is 18.1. The van der Waals surface area contributed by atoms with E-state index in [-0.39, 0.29) is 18.1 Å². The summed E-state index contributed by atoms with van der Waals surface area (Å²) >= 11 is 0. The third-order valence-electron chi connectivity index (χ3n) is 3.71. The van der Waals surface area contributed by atoms with Gasteiger partial charge in [-0.3, -0.25) is 10.1 Å². The quantitative estimate of drug-likeness (QED) is 0.848. The van der Waals surface area contributed by atoms with E-state index in [0.29, 0.717) is 12.2 Å². The molecule has 1 N–H and O–H groups in total. The van der Waals surface area contributed by atoms with E-state index in [9.17, 15) is 14.0 Å². The van der Waals surface area contributed by atoms with Gasteiger partial charge in [-0.2, -0.15) is 0 Å². The first-order valence-corrected chi connectivity index (χ1v) is 8.70. The molecule has 0 unspecified atom stereocenters. The zero-order valence-electron chi connectivity index (χ0n) is 16.1. The Morgan fingerprint density at radius 2 is 1.56 bits per heavy atom. The van der Waals surface area contributed by atoms with Crippen molar-refractivity contribution in [1.29, 1.82) is 0 Å². The molecule has 144 valence electrons. The maximum atomic E-state index is 12.9. The fourth-order valence-electron chi connectivity index (χ4n) is 2.39. The fourth-order valence-corrected chi connectivity index (χ4v) is 2.39. The van der Waals surface area contributed by atoms with Crippen LogP contribution in [0.3, 0.4) is 0 Å². The molecule has 0 fully saturated rings. The summed E-state index contributed by atoms with van der Waals surface area (Å²) in [7, 11) is 1.71. The molecule has 2 amide bonds. The number of carbonyl (C=O) groups excluding carboxylic acids is 2. The largest absolute Gasteiger partial charge is 0.444 e. The Morgan fingerprint density at radius 1 is 1.00 bits per heavy atom. The number of likely N-dealkylation sites (N-methyl/N-ethyl adjacent to an activating group) is 1. The number of nitrogens with zero attached hydrogens (tertiary/aromatic N) is 1. The van der Waals surface area contributed by atoms with Crippen molar-refractivity contribution in [2.75, 3.05) is 12.4 Å². The molecule has 0 atom stereocenters. The number of benzene rings is 2. The predicted molar refractivity (Wildman–Crippen MR) is 103 cm³/mol. The van der Waals surface area contributed by atoms with E-state index in [1.165, 1.54) is 12.1 Å². The summed E-state index contributed by atoms with van der Waals surface area (Å²) in [5, 5.41) is 2.65. The van der Waals surface area contributed by atoms with Crippen LogP contribution in [0.4, 0.5) is 14.9 Å². The van der Waals surface area contributed by atoms with E-state index < -0.39 is 11.7 Å². The number of nitrogens with one attached hydrogen (secondary N) is 1. The van der Waals surface area contributed by atoms with Crippen molar-refractivity contribution in [2.24, 2.45) is 0 Å². The minimum absolute atomic E-state index is 0.0489. The zero-order valence-corrected chi connectivity index (χ0v) is 16.1. The first-order chi connectivity index (χ1) is 12.6. The second kappa shape index (κ2) is 8.66. The number of anilines is 1. The lowest BCUT2D eigenvalue weighted by Gasteiger charge is -2.20. The molecule has 2 aromatic carbocycles. The SMILES string of the molecule is CN(Cc1ccc(F)cc1)C(=O)Cc1ccc(NC(=O)OC(C)(C)C)cc1. The predicted octanol–water partition coefficient (Wildman–Crippen LogP) is 4.37. The lowest BCUT2D eigenvalue weighted by atomic mass is 10.1. The van der Waals surface area contributed by atoms with Gasteiger partial charge in [0.2, 0.25) is 5.91 Å². The Bertz CT molecular complexity index is 781. The van der Waals surface area contributed by atoms with E-state index in [1.807, 2.05) is 0 Å². The zero-order chi connectivity index (χ0) is 20.0. The Hall–Kier alpha value is -2.89. The van der Waals surface area contributed by atoms with Crippen LogP contribution in [0.5, 0.6) is 0 Å². The summed E-state index contributed by atoms with van der Waals surface area (Å²) in [4.78, 5) is 25.7. The van der Waals surface area contributed by atoms with Crippen LogP contribution in [-0.2, 0) is 22.5 Å². The highest BCUT2D eigenvalue weighted by molar-refractivity contribution is 5.85. The number of ether oxygens (including phenoxy) is 1. The summed E-state index contributed by atoms with van der Waals surface area (Å²) in [5.74, 6) is -0.347. The number of carbonyl (C=O) groups is 2. The molecule has 0 heterocycles. The fraction of sp³-hybridized carbons (Fsp3) is 0.333. The van der Waals surface area contributed by atoms with Crippen molar-refractivity contribution in [3.8, 4) is 0 Å². The van der Waals surface area contributed by atoms with E-state index in [1.54, 1.807) is 69.1 Å². The minimum atomic E-state index is -0.564. The van der Waals surface area contributed by atoms with Gasteiger partial charge >= 0.3 is 6.09 Å². The van der Waals surface area contributed by atoms with E-state index in [0.717, 1.165) is 11.1 Å². The topological polar surface area (TPSA) is 58.6 Å². The van der Waals surface area contributed by atoms with Crippen molar-refractivity contribution in [1.82, 2.24) is 4.90 Å². The van der Waals surface area contributed by atoms with Crippen molar-refractivity contribution in [2.45, 2.75) is 39.3 Å². The molecule has 0 bridgehead atoms. The molecular formula is C21H25FN2O3. The van der Waals surface area contributed by atoms with E-state index in [4.69, 9.17) is 4.74 Å². The average Bonchev–Trinajstić information content (AvgIpc) is 2.57. The van der Waals surface area contributed by atoms with Crippen LogP contribution < -0.4 is 5.32 Å². The average molecular weight is 372 g/mol. The van der Waals surface area contributed by atoms with Gasteiger partial charge in [-0.25, -0.2) is 9.18 Å². The summed E-state index contributed by atoms with van der Waals surface area (Å²) in [6, 6.07) is 13.1. The van der Waals surface area contributed by atoms with Crippen molar-refractivity contribution >= 4 is 17.7 Å². The molecule has 0 aliphatic carbocycles. The van der Waals surface area contributed by atoms with Gasteiger partial charge in [0.15, 0.2) is 0 Å². The smallest absolute Gasteiger partial charge is 0.412 e. The van der Waals surface area contributed by atoms with Crippen LogP contribution >= 0.6 is 0 Å². The molecule has 0 aliphatic heterocycles. The highest BCUT2D eigenvalue weighted by atomic mass is 19.1. The maximum Gasteiger partial charge on any atom is 0.412 e. The molecule has 0 aliphatic rings. The van der Waals surface area contributed by atoms with Gasteiger partial charge < -0.3 is 9.64 Å². The standard InChI is InChI=1S/C21H25FN2O3/c1-21(2,3)27-20(26)23-18-11-7-15(8-12-18)13-19(25)24(4)14-16-5-9-17(22)10-6-16/h5-12H,13-14H2,1-4H3,(H,23,26). The van der Waals surface area contributed by atoms with E-state index >= 15 is 0 Å². The number of rotatable bonds is 5. The molecule has 2 aromatic rings. The Labute approximate surface area is 159 Å². The molecule has 0 aromatic heterocycles. The van der Waals surface area contributed by atoms with Gasteiger partial charge in [-0.05, 0) is 56.2 Å². The number of halogens is 1. The Morgan fingerprint density at radius 3 is 2.11 bits per heavy atom. The van der Waals surface area contributed by atoms with Gasteiger partial charge in [0.25, 0.3) is 0 Å². The third-order valence-corrected chi connectivity index (χ3v) is 3.71. The molecule has 2 rings (SSSR count). The van der Waals surface area contributed by atoms with E-state index in [2.05, 4.69) is 5.32 Å². The normalized spacial score (nSPS) is 11.0. The van der Waals surface area contributed by atoms with Crippen LogP contribution in [-0.4, -0.2) is 29.5 Å². The second-order valence-electron chi connectivity index (χ2n) is 7.38. The van der Waals surface area contributed by atoms with Crippen LogP contribution in [0, 0.1) is 5.82 Å². The van der Waals surface area contributed by atoms with Crippen LogP contribution in [0.1, 0.15) is 31.9 Å². The van der Waals surface area contributed by atoms with Crippen molar-refractivity contribution in [3.63, 3.8) is 0 Å². The number of amides is 2. The summed E-state index contributed by atoms with van der Waals surface area (Å²) in [6.45, 7) is 5.80. The third kappa shape index (κ3) is 7.09. The molecule has 5 nitrogen and oxygen atoms in total. The second-order valence-corrected chi connectivity index (χ2v) is 7.38. The Balaban J connectivity index is 1.88. The first kappa shape index (κ1) is 20.4. The molecular weight excluding hydrogens is 347 g/mol. The summed E-state index contributed by atoms with van der Waals surface area (Å²) in [6.07, 6.45) is -0.282. The maximum absolute atomic E-state index is 12.9. The van der Waals surface area contributed by atoms with Crippen LogP contribution in [0.15, 0.2) is 48.5 Å². The first-order valence-electron chi connectivity index (χ1n) is 8.70. The van der Waals surface area contributed by atoms with Gasteiger partial charge in [0.05, 0.1) is 6.42 Å². The molecule has 0 spiro atoms. The Kier molecular flexibility index (Phi) is 6.55. The van der Waals surface area contributed by atoms with Crippen molar-refractivity contribution in [3.05, 3.63) is 65.5 Å². The highest BCUT2D eigenvalue weighted by Gasteiger charge is 2.16. The van der Waals surface area contributed by atoms with Crippen LogP contribution in [0.25, 0.3) is 0 Å². The molecule has 0 saturated heterocycles. The highest BCUT2D eigenvalue weighted by Crippen LogP contribution is 2.14. The number of hydrogen-bond acceptors (Lipinski definition) is 3. The molecule has 6 heteroatoms. The molecule has 0 saturated carbocycles. The lowest BCUT2D eigenvalue weighted by molar-refractivity contribution is -0.129. The lowest BCUT2D eigenvalue weighted by Crippen LogP contribution is -2.28. The van der Waals surface area contributed by atoms with Gasteiger partial charge in [0.1, 0.15) is 11.4 Å². The summed E-state index contributed by atoms with van der Waals surface area (Å²) in [5.41, 5.74) is 1.73. The monoisotopic (exact) mass is 372 g/mol. The van der Waals surface area contributed by atoms with Gasteiger partial charge in [-0.15, -0.1) is 0 Å². The molecule has 0 radical (unpaired) electrons. The van der Waals surface area contributed by atoms with Gasteiger partial charge in [-0.1, -0.05) is 24.3 Å². The van der Waals surface area contributed by atoms with Gasteiger partial charge in [0, 0.05) is 19.3 Å². The van der Waals surface area contributed by atoms with Crippen LogP contribution in [0.2, 0.25) is 0 Å².